The Hall–Kier alpha value is -4.11. The Kier molecular flexibility index (Phi) is 13.5. The molecule has 3 amide bonds. The fraction of sp³-hybridized carbons (Fsp3) is 0.350. The number of likely N-dealkylation sites (N-methyl/N-ethyl adjacent to an activating group) is 1. The van der Waals surface area contributed by atoms with Gasteiger partial charge in [0.2, 0.25) is 17.7 Å². The van der Waals surface area contributed by atoms with Gasteiger partial charge in [0.05, 0.1) is 11.1 Å². The molecule has 8 N–H and O–H groups in total. The highest BCUT2D eigenvalue weighted by atomic mass is 35.5. The van der Waals surface area contributed by atoms with Crippen LogP contribution in [0, 0.1) is 0 Å². The van der Waals surface area contributed by atoms with Crippen LogP contribution < -0.4 is 27.4 Å². The van der Waals surface area contributed by atoms with Crippen LogP contribution in [-0.4, -0.2) is 70.9 Å². The minimum Gasteiger partial charge on any atom is -0.361 e. The van der Waals surface area contributed by atoms with E-state index in [0.29, 0.717) is 42.4 Å². The number of carbonyl (C=O) groups excluding carboxylic acids is 3. The van der Waals surface area contributed by atoms with E-state index in [1.807, 2.05) is 54.7 Å². The first kappa shape index (κ1) is 39.6. The molecule has 0 fully saturated rings. The SMILES string of the molecule is CN1C(=O)C(CCCN)NC(=O)C(CCN)NCc2cccnc2Sc2c(Cl)ccc(-c3ccc(S)cc3)c2CNC(=O)C1Cc1c[nH]c2c1CCC=C2. The van der Waals surface area contributed by atoms with Crippen molar-refractivity contribution in [3.8, 4) is 11.1 Å². The highest BCUT2D eigenvalue weighted by Gasteiger charge is 2.34. The first-order chi connectivity index (χ1) is 26.2. The van der Waals surface area contributed by atoms with Gasteiger partial charge in [-0.25, -0.2) is 4.98 Å². The summed E-state index contributed by atoms with van der Waals surface area (Å²) < 4.78 is 0. The average molecular weight is 787 g/mol. The van der Waals surface area contributed by atoms with Gasteiger partial charge in [-0.15, -0.1) is 12.6 Å². The maximum absolute atomic E-state index is 14.6. The summed E-state index contributed by atoms with van der Waals surface area (Å²) in [5, 5.41) is 10.7. The molecule has 3 heterocycles. The summed E-state index contributed by atoms with van der Waals surface area (Å²) >= 11 is 12.9. The van der Waals surface area contributed by atoms with Gasteiger partial charge in [0.15, 0.2) is 0 Å². The van der Waals surface area contributed by atoms with Crippen LogP contribution in [-0.2, 0) is 40.3 Å². The lowest BCUT2D eigenvalue weighted by atomic mass is 9.95. The molecule has 3 unspecified atom stereocenters. The molecule has 1 aliphatic heterocycles. The Morgan fingerprint density at radius 1 is 0.981 bits per heavy atom. The van der Waals surface area contributed by atoms with E-state index in [1.54, 1.807) is 13.2 Å². The number of allylic oxidation sites excluding steroid dienone is 1. The number of fused-ring (bicyclic) bond motifs is 3. The number of aromatic amines is 1. The monoisotopic (exact) mass is 786 g/mol. The Morgan fingerprint density at radius 3 is 2.57 bits per heavy atom. The summed E-state index contributed by atoms with van der Waals surface area (Å²) in [6.07, 6.45) is 10.9. The number of carbonyl (C=O) groups is 3. The van der Waals surface area contributed by atoms with E-state index >= 15 is 0 Å². The zero-order valence-electron chi connectivity index (χ0n) is 30.2. The molecule has 0 saturated carbocycles. The molecular formula is C40H47ClN8O3S2. The van der Waals surface area contributed by atoms with Crippen LogP contribution in [0.4, 0.5) is 0 Å². The average Bonchev–Trinajstić information content (AvgIpc) is 3.59. The lowest BCUT2D eigenvalue weighted by Crippen LogP contribution is -2.57. The van der Waals surface area contributed by atoms with E-state index in [1.165, 1.54) is 16.7 Å². The first-order valence-electron chi connectivity index (χ1n) is 18.2. The minimum absolute atomic E-state index is 0.124. The molecular weight excluding hydrogens is 740 g/mol. The van der Waals surface area contributed by atoms with Gasteiger partial charge in [-0.3, -0.25) is 14.4 Å². The molecule has 2 aromatic heterocycles. The smallest absolute Gasteiger partial charge is 0.245 e. The van der Waals surface area contributed by atoms with Crippen LogP contribution >= 0.6 is 36.0 Å². The van der Waals surface area contributed by atoms with Crippen molar-refractivity contribution in [2.75, 3.05) is 20.1 Å². The van der Waals surface area contributed by atoms with Gasteiger partial charge in [-0.1, -0.05) is 53.7 Å². The number of benzene rings is 2. The van der Waals surface area contributed by atoms with Gasteiger partial charge in [0.25, 0.3) is 0 Å². The third kappa shape index (κ3) is 9.22. The van der Waals surface area contributed by atoms with Crippen LogP contribution in [0.2, 0.25) is 5.02 Å². The molecule has 11 nitrogen and oxygen atoms in total. The molecule has 3 atom stereocenters. The summed E-state index contributed by atoms with van der Waals surface area (Å²) in [6, 6.07) is 12.9. The van der Waals surface area contributed by atoms with Crippen molar-refractivity contribution < 1.29 is 14.4 Å². The van der Waals surface area contributed by atoms with Crippen molar-refractivity contribution in [3.63, 3.8) is 0 Å². The second-order valence-corrected chi connectivity index (χ2v) is 15.5. The summed E-state index contributed by atoms with van der Waals surface area (Å²) in [4.78, 5) is 54.0. The number of thiol groups is 1. The minimum atomic E-state index is -0.910. The van der Waals surface area contributed by atoms with Gasteiger partial charge in [0, 0.05) is 54.4 Å². The molecule has 1 aliphatic carbocycles. The molecule has 6 rings (SSSR count). The summed E-state index contributed by atoms with van der Waals surface area (Å²) in [5.74, 6) is -1.07. The van der Waals surface area contributed by atoms with E-state index in [-0.39, 0.29) is 37.2 Å². The molecule has 54 heavy (non-hydrogen) atoms. The number of pyridine rings is 1. The van der Waals surface area contributed by atoms with Crippen molar-refractivity contribution in [2.24, 2.45) is 11.5 Å². The van der Waals surface area contributed by atoms with Gasteiger partial charge in [-0.2, -0.15) is 0 Å². The van der Waals surface area contributed by atoms with Crippen molar-refractivity contribution in [1.29, 1.82) is 0 Å². The lowest BCUT2D eigenvalue weighted by Gasteiger charge is -2.32. The number of hydrogen-bond acceptors (Lipinski definition) is 9. The first-order valence-corrected chi connectivity index (χ1v) is 19.9. The van der Waals surface area contributed by atoms with Crippen LogP contribution in [0.1, 0.15) is 53.6 Å². The molecule has 14 heteroatoms. The molecule has 4 aromatic rings. The molecule has 284 valence electrons. The highest BCUT2D eigenvalue weighted by molar-refractivity contribution is 7.99. The normalized spacial score (nSPS) is 19.7. The van der Waals surface area contributed by atoms with Crippen molar-refractivity contribution in [3.05, 3.63) is 100.0 Å². The second kappa shape index (κ2) is 18.5. The van der Waals surface area contributed by atoms with E-state index in [2.05, 4.69) is 45.7 Å². The fourth-order valence-electron chi connectivity index (χ4n) is 6.99. The fourth-order valence-corrected chi connectivity index (χ4v) is 8.49. The van der Waals surface area contributed by atoms with Crippen LogP contribution in [0.15, 0.2) is 81.8 Å². The number of nitrogens with zero attached hydrogens (tertiary/aromatic N) is 2. The predicted molar refractivity (Wildman–Crippen MR) is 217 cm³/mol. The zero-order chi connectivity index (χ0) is 38.2. The van der Waals surface area contributed by atoms with Crippen LogP contribution in [0.25, 0.3) is 17.2 Å². The van der Waals surface area contributed by atoms with E-state index < -0.39 is 18.1 Å². The van der Waals surface area contributed by atoms with Gasteiger partial charge in [0.1, 0.15) is 17.1 Å². The number of rotatable bonds is 8. The zero-order valence-corrected chi connectivity index (χ0v) is 32.7. The van der Waals surface area contributed by atoms with E-state index in [4.69, 9.17) is 28.1 Å². The van der Waals surface area contributed by atoms with E-state index in [9.17, 15) is 14.4 Å². The van der Waals surface area contributed by atoms with Gasteiger partial charge >= 0.3 is 0 Å². The molecule has 0 spiro atoms. The standard InChI is InChI=1S/C40H47ClN8O3S2/c1-49-35(20-26-22-45-32-8-3-2-7-29(26)32)38(51)47-23-30-28(24-10-12-27(53)13-11-24)14-15-31(41)36(30)54-39-25(6-5-19-44-39)21-46-33(16-18-43)37(50)48-34(40(49)52)9-4-17-42/h3,5-6,8,10-15,19,22,33-35,45-46,53H,2,4,7,9,16-18,20-21,23,42-43H2,1H3,(H,47,51)(H,48,50). The number of nitrogens with one attached hydrogen (secondary N) is 4. The number of hydrogen-bond donors (Lipinski definition) is 7. The number of aromatic nitrogens is 2. The Morgan fingerprint density at radius 2 is 1.80 bits per heavy atom. The number of nitrogens with two attached hydrogens (primary N) is 2. The quantitative estimate of drug-likeness (QED) is 0.124. The summed E-state index contributed by atoms with van der Waals surface area (Å²) in [5.41, 5.74) is 18.4. The topological polar surface area (TPSA) is 171 Å². The molecule has 0 saturated heterocycles. The van der Waals surface area contributed by atoms with Crippen molar-refractivity contribution in [2.45, 2.75) is 84.6 Å². The molecule has 0 radical (unpaired) electrons. The number of amides is 3. The molecule has 0 bridgehead atoms. The lowest BCUT2D eigenvalue weighted by molar-refractivity contribution is -0.142. The Labute approximate surface area is 330 Å². The highest BCUT2D eigenvalue weighted by Crippen LogP contribution is 2.41. The third-order valence-electron chi connectivity index (χ3n) is 9.99. The van der Waals surface area contributed by atoms with Gasteiger partial charge < -0.3 is 37.3 Å². The summed E-state index contributed by atoms with van der Waals surface area (Å²) in [6.45, 7) is 1.02. The van der Waals surface area contributed by atoms with Crippen molar-refractivity contribution in [1.82, 2.24) is 30.8 Å². The number of halogens is 1. The largest absolute Gasteiger partial charge is 0.361 e. The van der Waals surface area contributed by atoms with Crippen molar-refractivity contribution >= 4 is 59.8 Å². The second-order valence-electron chi connectivity index (χ2n) is 13.6. The van der Waals surface area contributed by atoms with E-state index in [0.717, 1.165) is 61.7 Å². The van der Waals surface area contributed by atoms with Gasteiger partial charge in [-0.05, 0) is 109 Å². The molecule has 2 aromatic carbocycles. The maximum Gasteiger partial charge on any atom is 0.245 e. The maximum atomic E-state index is 14.6. The molecule has 2 aliphatic rings. The van der Waals surface area contributed by atoms with Crippen LogP contribution in [0.3, 0.4) is 0 Å². The number of H-pyrrole nitrogens is 1. The Bertz CT molecular complexity index is 2000. The van der Waals surface area contributed by atoms with Crippen LogP contribution in [0.5, 0.6) is 0 Å². The third-order valence-corrected chi connectivity index (χ3v) is 11.9. The Balaban J connectivity index is 1.46. The summed E-state index contributed by atoms with van der Waals surface area (Å²) in [7, 11) is 1.63. The predicted octanol–water partition coefficient (Wildman–Crippen LogP) is 4.86.